The van der Waals surface area contributed by atoms with E-state index >= 15 is 0 Å². The fourth-order valence-corrected chi connectivity index (χ4v) is 3.08. The summed E-state index contributed by atoms with van der Waals surface area (Å²) in [5.41, 5.74) is 0. The molecule has 1 aliphatic carbocycles. The van der Waals surface area contributed by atoms with Crippen LogP contribution >= 0.6 is 0 Å². The first-order valence-electron chi connectivity index (χ1n) is 7.31. The Labute approximate surface area is 105 Å². The molecule has 2 atom stereocenters. The molecule has 0 aromatic carbocycles. The maximum Gasteiger partial charge on any atom is 0.237 e. The van der Waals surface area contributed by atoms with Gasteiger partial charge in [0.1, 0.15) is 0 Å². The Kier molecular flexibility index (Phi) is 4.84. The van der Waals surface area contributed by atoms with Crippen molar-refractivity contribution in [3.63, 3.8) is 0 Å². The molecule has 0 spiro atoms. The molecule has 2 unspecified atom stereocenters. The van der Waals surface area contributed by atoms with Gasteiger partial charge in [-0.2, -0.15) is 0 Å². The minimum Gasteiger partial charge on any atom is -0.352 e. The van der Waals surface area contributed by atoms with Crippen LogP contribution in [0.3, 0.4) is 0 Å². The summed E-state index contributed by atoms with van der Waals surface area (Å²) in [6.07, 6.45) is 10.1. The molecule has 3 nitrogen and oxygen atoms in total. The van der Waals surface area contributed by atoms with E-state index < -0.39 is 0 Å². The number of hydrogen-bond acceptors (Lipinski definition) is 2. The van der Waals surface area contributed by atoms with E-state index in [-0.39, 0.29) is 11.9 Å². The van der Waals surface area contributed by atoms with E-state index in [1.54, 1.807) is 0 Å². The van der Waals surface area contributed by atoms with Crippen LogP contribution in [0.25, 0.3) is 0 Å². The highest BCUT2D eigenvalue weighted by molar-refractivity contribution is 5.82. The van der Waals surface area contributed by atoms with Gasteiger partial charge < -0.3 is 10.6 Å². The summed E-state index contributed by atoms with van der Waals surface area (Å²) in [5, 5.41) is 6.57. The lowest BCUT2D eigenvalue weighted by molar-refractivity contribution is -0.124. The lowest BCUT2D eigenvalue weighted by Crippen LogP contribution is -2.47. The lowest BCUT2D eigenvalue weighted by atomic mass is 9.96. The Morgan fingerprint density at radius 2 is 1.71 bits per heavy atom. The van der Waals surface area contributed by atoms with Crippen molar-refractivity contribution in [2.24, 2.45) is 5.92 Å². The van der Waals surface area contributed by atoms with E-state index in [0.29, 0.717) is 12.0 Å². The molecule has 17 heavy (non-hydrogen) atoms. The fourth-order valence-electron chi connectivity index (χ4n) is 3.08. The number of hydrogen-bond donors (Lipinski definition) is 2. The minimum absolute atomic E-state index is 0.0560. The predicted octanol–water partition coefficient (Wildman–Crippen LogP) is 2.21. The van der Waals surface area contributed by atoms with Gasteiger partial charge in [-0.15, -0.1) is 0 Å². The van der Waals surface area contributed by atoms with Gasteiger partial charge in [0.2, 0.25) is 5.91 Å². The van der Waals surface area contributed by atoms with Crippen LogP contribution in [0.4, 0.5) is 0 Å². The van der Waals surface area contributed by atoms with Gasteiger partial charge in [-0.3, -0.25) is 4.79 Å². The molecule has 0 bridgehead atoms. The van der Waals surface area contributed by atoms with Crippen LogP contribution in [-0.4, -0.2) is 24.5 Å². The number of amides is 1. The molecule has 98 valence electrons. The third-order valence-electron chi connectivity index (χ3n) is 4.27. The van der Waals surface area contributed by atoms with Crippen molar-refractivity contribution in [3.8, 4) is 0 Å². The summed E-state index contributed by atoms with van der Waals surface area (Å²) in [6.45, 7) is 3.16. The SMILES string of the molecule is CC1CCNC1C(=O)NC1CCCCCCC1. The smallest absolute Gasteiger partial charge is 0.237 e. The number of carbonyl (C=O) groups excluding carboxylic acids is 1. The van der Waals surface area contributed by atoms with Crippen LogP contribution in [0.2, 0.25) is 0 Å². The number of carbonyl (C=O) groups is 1. The van der Waals surface area contributed by atoms with Crippen LogP contribution in [0.15, 0.2) is 0 Å². The molecule has 0 aromatic rings. The molecular weight excluding hydrogens is 212 g/mol. The first-order valence-corrected chi connectivity index (χ1v) is 7.31. The first-order chi connectivity index (χ1) is 8.27. The van der Waals surface area contributed by atoms with Gasteiger partial charge in [-0.25, -0.2) is 0 Å². The molecule has 1 heterocycles. The Hall–Kier alpha value is -0.570. The average Bonchev–Trinajstić information content (AvgIpc) is 2.68. The van der Waals surface area contributed by atoms with Gasteiger partial charge in [0.25, 0.3) is 0 Å². The van der Waals surface area contributed by atoms with E-state index in [1.165, 1.54) is 44.9 Å². The van der Waals surface area contributed by atoms with Crippen LogP contribution < -0.4 is 10.6 Å². The summed E-state index contributed by atoms with van der Waals surface area (Å²) in [6, 6.07) is 0.484. The van der Waals surface area contributed by atoms with Gasteiger partial charge in [0, 0.05) is 6.04 Å². The molecule has 1 saturated heterocycles. The van der Waals surface area contributed by atoms with Gasteiger partial charge in [0.15, 0.2) is 0 Å². The van der Waals surface area contributed by atoms with Crippen molar-refractivity contribution in [3.05, 3.63) is 0 Å². The molecule has 0 radical (unpaired) electrons. The number of nitrogens with one attached hydrogen (secondary N) is 2. The van der Waals surface area contributed by atoms with Gasteiger partial charge in [-0.05, 0) is 31.7 Å². The van der Waals surface area contributed by atoms with Crippen LogP contribution in [0, 0.1) is 5.92 Å². The third-order valence-corrected chi connectivity index (χ3v) is 4.27. The second-order valence-electron chi connectivity index (χ2n) is 5.75. The molecule has 1 aliphatic heterocycles. The Balaban J connectivity index is 1.79. The van der Waals surface area contributed by atoms with E-state index in [4.69, 9.17) is 0 Å². The van der Waals surface area contributed by atoms with Crippen LogP contribution in [-0.2, 0) is 4.79 Å². The van der Waals surface area contributed by atoms with Crippen molar-refractivity contribution in [2.45, 2.75) is 70.4 Å². The highest BCUT2D eigenvalue weighted by Gasteiger charge is 2.30. The van der Waals surface area contributed by atoms with Crippen molar-refractivity contribution >= 4 is 5.91 Å². The monoisotopic (exact) mass is 238 g/mol. The van der Waals surface area contributed by atoms with Gasteiger partial charge in [-0.1, -0.05) is 39.0 Å². The zero-order chi connectivity index (χ0) is 12.1. The Morgan fingerprint density at radius 1 is 1.06 bits per heavy atom. The standard InChI is InChI=1S/C14H26N2O/c1-11-9-10-15-13(11)14(17)16-12-7-5-3-2-4-6-8-12/h11-13,15H,2-10H2,1H3,(H,16,17). The summed E-state index contributed by atoms with van der Waals surface area (Å²) < 4.78 is 0. The fraction of sp³-hybridized carbons (Fsp3) is 0.929. The zero-order valence-electron chi connectivity index (χ0n) is 11.0. The van der Waals surface area contributed by atoms with E-state index in [2.05, 4.69) is 17.6 Å². The van der Waals surface area contributed by atoms with E-state index in [0.717, 1.165) is 13.0 Å². The lowest BCUT2D eigenvalue weighted by Gasteiger charge is -2.24. The molecule has 2 N–H and O–H groups in total. The van der Waals surface area contributed by atoms with E-state index in [1.807, 2.05) is 0 Å². The van der Waals surface area contributed by atoms with E-state index in [9.17, 15) is 4.79 Å². The van der Waals surface area contributed by atoms with Crippen LogP contribution in [0.1, 0.15) is 58.3 Å². The molecule has 1 amide bonds. The maximum absolute atomic E-state index is 12.1. The third kappa shape index (κ3) is 3.70. The second kappa shape index (κ2) is 6.39. The second-order valence-corrected chi connectivity index (χ2v) is 5.75. The Morgan fingerprint density at radius 3 is 2.29 bits per heavy atom. The molecule has 1 saturated carbocycles. The van der Waals surface area contributed by atoms with Crippen molar-refractivity contribution in [1.29, 1.82) is 0 Å². The van der Waals surface area contributed by atoms with Gasteiger partial charge in [0.05, 0.1) is 6.04 Å². The normalized spacial score (nSPS) is 31.8. The first kappa shape index (κ1) is 12.9. The molecule has 2 fully saturated rings. The Bertz CT molecular complexity index is 247. The maximum atomic E-state index is 12.1. The molecule has 3 heteroatoms. The summed E-state index contributed by atoms with van der Waals surface area (Å²) in [5.74, 6) is 0.726. The summed E-state index contributed by atoms with van der Waals surface area (Å²) >= 11 is 0. The van der Waals surface area contributed by atoms with Crippen LogP contribution in [0.5, 0.6) is 0 Å². The molecular formula is C14H26N2O. The number of rotatable bonds is 2. The molecule has 2 aliphatic rings. The summed E-state index contributed by atoms with van der Waals surface area (Å²) in [4.78, 5) is 12.1. The highest BCUT2D eigenvalue weighted by atomic mass is 16.2. The molecule has 0 aromatic heterocycles. The highest BCUT2D eigenvalue weighted by Crippen LogP contribution is 2.19. The quantitative estimate of drug-likeness (QED) is 0.774. The predicted molar refractivity (Wildman–Crippen MR) is 69.8 cm³/mol. The van der Waals surface area contributed by atoms with Crippen molar-refractivity contribution < 1.29 is 4.79 Å². The topological polar surface area (TPSA) is 41.1 Å². The average molecular weight is 238 g/mol. The minimum atomic E-state index is 0.0560. The largest absolute Gasteiger partial charge is 0.352 e. The van der Waals surface area contributed by atoms with Crippen molar-refractivity contribution in [1.82, 2.24) is 10.6 Å². The van der Waals surface area contributed by atoms with Gasteiger partial charge >= 0.3 is 0 Å². The summed E-state index contributed by atoms with van der Waals surface area (Å²) in [7, 11) is 0. The molecule has 2 rings (SSSR count). The zero-order valence-corrected chi connectivity index (χ0v) is 11.0. The van der Waals surface area contributed by atoms with Crippen molar-refractivity contribution in [2.75, 3.05) is 6.54 Å².